The Labute approximate surface area is 119 Å². The fourth-order valence-electron chi connectivity index (χ4n) is 2.91. The molecule has 2 atom stereocenters. The molecule has 0 amide bonds. The Bertz CT molecular complexity index is 585. The number of benzene rings is 1. The number of fused-ring (bicyclic) bond motifs is 1. The first-order valence-corrected chi connectivity index (χ1v) is 7.14. The summed E-state index contributed by atoms with van der Waals surface area (Å²) >= 11 is 0. The van der Waals surface area contributed by atoms with Gasteiger partial charge in [-0.25, -0.2) is 0 Å². The summed E-state index contributed by atoms with van der Waals surface area (Å²) in [4.78, 5) is 4.35. The Hall–Kier alpha value is -1.71. The van der Waals surface area contributed by atoms with Gasteiger partial charge in [0.1, 0.15) is 5.60 Å². The summed E-state index contributed by atoms with van der Waals surface area (Å²) < 4.78 is 0. The Morgan fingerprint density at radius 1 is 1.25 bits per heavy atom. The van der Waals surface area contributed by atoms with E-state index < -0.39 is 5.60 Å². The van der Waals surface area contributed by atoms with Crippen molar-refractivity contribution in [3.63, 3.8) is 0 Å². The summed E-state index contributed by atoms with van der Waals surface area (Å²) in [5.41, 5.74) is 2.59. The van der Waals surface area contributed by atoms with Crippen molar-refractivity contribution < 1.29 is 5.11 Å². The minimum atomic E-state index is -0.750. The smallest absolute Gasteiger partial charge is 0.103 e. The SMILES string of the molecule is CC(NCC1(O)CCc2ccccc21)c1ccccn1. The van der Waals surface area contributed by atoms with E-state index in [0.29, 0.717) is 6.54 Å². The van der Waals surface area contributed by atoms with E-state index in [9.17, 15) is 5.11 Å². The number of aryl methyl sites for hydroxylation is 1. The van der Waals surface area contributed by atoms with Crippen molar-refractivity contribution >= 4 is 0 Å². The summed E-state index contributed by atoms with van der Waals surface area (Å²) in [5.74, 6) is 0. The molecule has 3 rings (SSSR count). The molecular weight excluding hydrogens is 248 g/mol. The third-order valence-electron chi connectivity index (χ3n) is 4.16. The second-order valence-corrected chi connectivity index (χ2v) is 5.55. The number of aromatic nitrogens is 1. The molecule has 2 aromatic rings. The van der Waals surface area contributed by atoms with Crippen molar-refractivity contribution in [2.24, 2.45) is 0 Å². The largest absolute Gasteiger partial charge is 0.384 e. The van der Waals surface area contributed by atoms with Crippen LogP contribution in [0.3, 0.4) is 0 Å². The van der Waals surface area contributed by atoms with Crippen LogP contribution in [0.4, 0.5) is 0 Å². The zero-order chi connectivity index (χ0) is 14.0. The summed E-state index contributed by atoms with van der Waals surface area (Å²) in [5, 5.41) is 14.3. The molecular formula is C17H20N2O. The number of nitrogens with zero attached hydrogens (tertiary/aromatic N) is 1. The molecule has 0 radical (unpaired) electrons. The third-order valence-corrected chi connectivity index (χ3v) is 4.16. The van der Waals surface area contributed by atoms with Gasteiger partial charge >= 0.3 is 0 Å². The molecule has 104 valence electrons. The Morgan fingerprint density at radius 3 is 2.85 bits per heavy atom. The summed E-state index contributed by atoms with van der Waals surface area (Å²) in [7, 11) is 0. The average molecular weight is 268 g/mol. The number of aliphatic hydroxyl groups is 1. The molecule has 2 unspecified atom stereocenters. The molecule has 3 heteroatoms. The van der Waals surface area contributed by atoms with Crippen LogP contribution in [0.1, 0.15) is 36.2 Å². The maximum atomic E-state index is 10.9. The molecule has 1 aromatic carbocycles. The van der Waals surface area contributed by atoms with Gasteiger partial charge in [-0.1, -0.05) is 30.3 Å². The number of pyridine rings is 1. The third kappa shape index (κ3) is 2.47. The molecule has 0 fully saturated rings. The molecule has 0 spiro atoms. The van der Waals surface area contributed by atoms with Gasteiger partial charge in [0.15, 0.2) is 0 Å². The van der Waals surface area contributed by atoms with E-state index in [1.54, 1.807) is 6.20 Å². The summed E-state index contributed by atoms with van der Waals surface area (Å²) in [6.07, 6.45) is 3.54. The van der Waals surface area contributed by atoms with Crippen molar-refractivity contribution in [2.75, 3.05) is 6.54 Å². The highest BCUT2D eigenvalue weighted by Gasteiger charge is 2.36. The van der Waals surface area contributed by atoms with Crippen molar-refractivity contribution in [1.29, 1.82) is 0 Å². The number of hydrogen-bond donors (Lipinski definition) is 2. The topological polar surface area (TPSA) is 45.1 Å². The van der Waals surface area contributed by atoms with E-state index in [2.05, 4.69) is 23.3 Å². The summed E-state index contributed by atoms with van der Waals surface area (Å²) in [6.45, 7) is 2.63. The van der Waals surface area contributed by atoms with Crippen LogP contribution >= 0.6 is 0 Å². The molecule has 1 heterocycles. The second kappa shape index (κ2) is 5.35. The minimum Gasteiger partial charge on any atom is -0.384 e. The Kier molecular flexibility index (Phi) is 3.55. The molecule has 0 bridgehead atoms. The van der Waals surface area contributed by atoms with Crippen molar-refractivity contribution in [1.82, 2.24) is 10.3 Å². The van der Waals surface area contributed by atoms with E-state index >= 15 is 0 Å². The van der Waals surface area contributed by atoms with Gasteiger partial charge in [0.05, 0.1) is 5.69 Å². The maximum absolute atomic E-state index is 10.9. The molecule has 0 aliphatic heterocycles. The molecule has 0 saturated carbocycles. The zero-order valence-electron chi connectivity index (χ0n) is 11.7. The predicted octanol–water partition coefficient (Wildman–Crippen LogP) is 2.57. The monoisotopic (exact) mass is 268 g/mol. The molecule has 1 aliphatic rings. The summed E-state index contributed by atoms with van der Waals surface area (Å²) in [6, 6.07) is 14.2. The number of hydrogen-bond acceptors (Lipinski definition) is 3. The van der Waals surface area contributed by atoms with Crippen molar-refractivity contribution in [3.05, 3.63) is 65.5 Å². The highest BCUT2D eigenvalue weighted by Crippen LogP contribution is 2.36. The van der Waals surface area contributed by atoms with E-state index in [1.165, 1.54) is 5.56 Å². The van der Waals surface area contributed by atoms with E-state index in [0.717, 1.165) is 24.1 Å². The van der Waals surface area contributed by atoms with Crippen LogP contribution in [0.15, 0.2) is 48.7 Å². The normalized spacial score (nSPS) is 22.5. The molecule has 2 N–H and O–H groups in total. The van der Waals surface area contributed by atoms with Crippen LogP contribution in [0.2, 0.25) is 0 Å². The number of rotatable bonds is 4. The molecule has 1 aliphatic carbocycles. The highest BCUT2D eigenvalue weighted by molar-refractivity contribution is 5.37. The first kappa shape index (κ1) is 13.3. The van der Waals surface area contributed by atoms with Gasteiger partial charge in [0, 0.05) is 18.8 Å². The lowest BCUT2D eigenvalue weighted by atomic mass is 9.95. The second-order valence-electron chi connectivity index (χ2n) is 5.55. The van der Waals surface area contributed by atoms with Gasteiger partial charge in [-0.3, -0.25) is 4.98 Å². The van der Waals surface area contributed by atoms with Gasteiger partial charge in [-0.2, -0.15) is 0 Å². The van der Waals surface area contributed by atoms with Crippen molar-refractivity contribution in [3.8, 4) is 0 Å². The highest BCUT2D eigenvalue weighted by atomic mass is 16.3. The molecule has 3 nitrogen and oxygen atoms in total. The Balaban J connectivity index is 1.70. The zero-order valence-corrected chi connectivity index (χ0v) is 11.7. The standard InChI is InChI=1S/C17H20N2O/c1-13(16-8-4-5-11-18-16)19-12-17(20)10-9-14-6-2-3-7-15(14)17/h2-8,11,13,19-20H,9-10,12H2,1H3. The van der Waals surface area contributed by atoms with Gasteiger partial charge in [0.2, 0.25) is 0 Å². The van der Waals surface area contributed by atoms with Crippen LogP contribution < -0.4 is 5.32 Å². The van der Waals surface area contributed by atoms with Crippen LogP contribution in [0, 0.1) is 0 Å². The van der Waals surface area contributed by atoms with Crippen LogP contribution in [0.25, 0.3) is 0 Å². The van der Waals surface area contributed by atoms with Crippen LogP contribution in [0.5, 0.6) is 0 Å². The van der Waals surface area contributed by atoms with Gasteiger partial charge < -0.3 is 10.4 Å². The maximum Gasteiger partial charge on any atom is 0.103 e. The Morgan fingerprint density at radius 2 is 2.05 bits per heavy atom. The fraction of sp³-hybridized carbons (Fsp3) is 0.353. The quantitative estimate of drug-likeness (QED) is 0.896. The van der Waals surface area contributed by atoms with Gasteiger partial charge in [-0.15, -0.1) is 0 Å². The van der Waals surface area contributed by atoms with E-state index in [-0.39, 0.29) is 6.04 Å². The molecule has 1 aromatic heterocycles. The van der Waals surface area contributed by atoms with Crippen molar-refractivity contribution in [2.45, 2.75) is 31.4 Å². The fourth-order valence-corrected chi connectivity index (χ4v) is 2.91. The lowest BCUT2D eigenvalue weighted by Gasteiger charge is -2.26. The van der Waals surface area contributed by atoms with E-state index in [4.69, 9.17) is 0 Å². The lowest BCUT2D eigenvalue weighted by molar-refractivity contribution is 0.0362. The van der Waals surface area contributed by atoms with Crippen LogP contribution in [-0.2, 0) is 12.0 Å². The lowest BCUT2D eigenvalue weighted by Crippen LogP contribution is -2.37. The minimum absolute atomic E-state index is 0.132. The van der Waals surface area contributed by atoms with E-state index in [1.807, 2.05) is 36.4 Å². The average Bonchev–Trinajstić information content (AvgIpc) is 2.84. The molecule has 20 heavy (non-hydrogen) atoms. The first-order chi connectivity index (χ1) is 9.69. The first-order valence-electron chi connectivity index (χ1n) is 7.14. The van der Waals surface area contributed by atoms with Gasteiger partial charge in [0.25, 0.3) is 0 Å². The molecule has 0 saturated heterocycles. The van der Waals surface area contributed by atoms with Gasteiger partial charge in [-0.05, 0) is 43.0 Å². The predicted molar refractivity (Wildman–Crippen MR) is 79.3 cm³/mol. The van der Waals surface area contributed by atoms with Crippen LogP contribution in [-0.4, -0.2) is 16.6 Å². The number of nitrogens with one attached hydrogen (secondary N) is 1.